The molecule has 124 valence electrons. The average Bonchev–Trinajstić information content (AvgIpc) is 2.96. The van der Waals surface area contributed by atoms with Gasteiger partial charge >= 0.3 is 6.61 Å². The van der Waals surface area contributed by atoms with Crippen molar-refractivity contribution in [3.8, 4) is 11.5 Å². The van der Waals surface area contributed by atoms with E-state index < -0.39 is 6.61 Å². The zero-order valence-electron chi connectivity index (χ0n) is 12.4. The molecule has 7 heteroatoms. The van der Waals surface area contributed by atoms with Crippen molar-refractivity contribution < 1.29 is 28.1 Å². The Morgan fingerprint density at radius 3 is 2.77 bits per heavy atom. The lowest BCUT2D eigenvalue weighted by atomic mass is 10.1. The number of ether oxygens (including phenoxy) is 3. The van der Waals surface area contributed by atoms with Crippen LogP contribution in [-0.2, 0) is 11.3 Å². The number of benzene rings is 1. The van der Waals surface area contributed by atoms with Crippen LogP contribution < -0.4 is 14.8 Å². The van der Waals surface area contributed by atoms with E-state index in [-0.39, 0.29) is 24.6 Å². The molecule has 0 bridgehead atoms. The van der Waals surface area contributed by atoms with E-state index in [0.717, 1.165) is 12.8 Å². The summed E-state index contributed by atoms with van der Waals surface area (Å²) in [7, 11) is 1.47. The summed E-state index contributed by atoms with van der Waals surface area (Å²) in [5.74, 6) is 0.562. The molecule has 2 atom stereocenters. The van der Waals surface area contributed by atoms with Gasteiger partial charge in [-0.15, -0.1) is 0 Å². The topological polar surface area (TPSA) is 60.0 Å². The van der Waals surface area contributed by atoms with Crippen molar-refractivity contribution >= 4 is 0 Å². The highest BCUT2D eigenvalue weighted by Gasteiger charge is 2.24. The first-order valence-corrected chi connectivity index (χ1v) is 7.21. The molecule has 0 unspecified atom stereocenters. The highest BCUT2D eigenvalue weighted by atomic mass is 19.3. The van der Waals surface area contributed by atoms with Crippen LogP contribution in [0, 0.1) is 0 Å². The number of hydrogen-bond acceptors (Lipinski definition) is 5. The van der Waals surface area contributed by atoms with Crippen molar-refractivity contribution in [3.05, 3.63) is 23.8 Å². The van der Waals surface area contributed by atoms with E-state index in [2.05, 4.69) is 10.1 Å². The van der Waals surface area contributed by atoms with Crippen LogP contribution in [0.3, 0.4) is 0 Å². The Hall–Kier alpha value is -1.44. The Kier molecular flexibility index (Phi) is 6.35. The number of rotatable bonds is 8. The summed E-state index contributed by atoms with van der Waals surface area (Å²) in [4.78, 5) is 0. The van der Waals surface area contributed by atoms with E-state index in [9.17, 15) is 8.78 Å². The molecular formula is C15H21F2NO4. The van der Waals surface area contributed by atoms with Gasteiger partial charge in [0.15, 0.2) is 0 Å². The molecule has 1 aromatic rings. The SMILES string of the molecule is COc1ccc(CNC[C@H]2CC[C@@H](CO)O2)c(OC(F)F)c1. The van der Waals surface area contributed by atoms with E-state index in [4.69, 9.17) is 14.6 Å². The van der Waals surface area contributed by atoms with Crippen LogP contribution in [0.25, 0.3) is 0 Å². The molecule has 1 aliphatic heterocycles. The van der Waals surface area contributed by atoms with Crippen molar-refractivity contribution in [2.75, 3.05) is 20.3 Å². The molecule has 0 aliphatic carbocycles. The zero-order valence-corrected chi connectivity index (χ0v) is 12.4. The first-order valence-electron chi connectivity index (χ1n) is 7.21. The number of halogens is 2. The second-order valence-corrected chi connectivity index (χ2v) is 5.12. The van der Waals surface area contributed by atoms with Crippen molar-refractivity contribution in [1.29, 1.82) is 0 Å². The van der Waals surface area contributed by atoms with E-state index in [1.54, 1.807) is 12.1 Å². The van der Waals surface area contributed by atoms with Crippen LogP contribution in [0.15, 0.2) is 18.2 Å². The summed E-state index contributed by atoms with van der Waals surface area (Å²) in [5, 5.41) is 12.2. The van der Waals surface area contributed by atoms with Gasteiger partial charge < -0.3 is 24.6 Å². The predicted molar refractivity (Wildman–Crippen MR) is 76.3 cm³/mol. The van der Waals surface area contributed by atoms with Crippen LogP contribution in [-0.4, -0.2) is 44.2 Å². The number of nitrogens with one attached hydrogen (secondary N) is 1. The molecular weight excluding hydrogens is 296 g/mol. The van der Waals surface area contributed by atoms with Crippen molar-refractivity contribution in [2.24, 2.45) is 0 Å². The Labute approximate surface area is 128 Å². The van der Waals surface area contributed by atoms with Gasteiger partial charge in [0, 0.05) is 24.7 Å². The largest absolute Gasteiger partial charge is 0.497 e. The number of aliphatic hydroxyl groups excluding tert-OH is 1. The number of aliphatic hydroxyl groups is 1. The highest BCUT2D eigenvalue weighted by molar-refractivity contribution is 5.40. The Bertz CT molecular complexity index is 473. The maximum Gasteiger partial charge on any atom is 0.387 e. The Balaban J connectivity index is 1.88. The fraction of sp³-hybridized carbons (Fsp3) is 0.600. The molecule has 5 nitrogen and oxygen atoms in total. The van der Waals surface area contributed by atoms with E-state index in [1.165, 1.54) is 13.2 Å². The molecule has 0 radical (unpaired) electrons. The third-order valence-electron chi connectivity index (χ3n) is 3.58. The first kappa shape index (κ1) is 16.9. The van der Waals surface area contributed by atoms with Gasteiger partial charge in [0.1, 0.15) is 11.5 Å². The van der Waals surface area contributed by atoms with Crippen LogP contribution in [0.5, 0.6) is 11.5 Å². The van der Waals surface area contributed by atoms with Crippen LogP contribution in [0.2, 0.25) is 0 Å². The van der Waals surface area contributed by atoms with Gasteiger partial charge in [-0.2, -0.15) is 8.78 Å². The maximum absolute atomic E-state index is 12.5. The van der Waals surface area contributed by atoms with Gasteiger partial charge in [0.25, 0.3) is 0 Å². The molecule has 0 spiro atoms. The normalized spacial score (nSPS) is 21.3. The van der Waals surface area contributed by atoms with E-state index in [0.29, 0.717) is 24.4 Å². The molecule has 0 saturated carbocycles. The van der Waals surface area contributed by atoms with Crippen LogP contribution in [0.4, 0.5) is 8.78 Å². The summed E-state index contributed by atoms with van der Waals surface area (Å²) in [6.07, 6.45) is 1.66. The molecule has 1 aliphatic rings. The third-order valence-corrected chi connectivity index (χ3v) is 3.58. The highest BCUT2D eigenvalue weighted by Crippen LogP contribution is 2.26. The van der Waals surface area contributed by atoms with Crippen molar-refractivity contribution in [3.63, 3.8) is 0 Å². The molecule has 1 heterocycles. The molecule has 22 heavy (non-hydrogen) atoms. The summed E-state index contributed by atoms with van der Waals surface area (Å²) < 4.78 is 40.1. The molecule has 0 amide bonds. The smallest absolute Gasteiger partial charge is 0.387 e. The van der Waals surface area contributed by atoms with Gasteiger partial charge in [-0.25, -0.2) is 0 Å². The van der Waals surface area contributed by atoms with Crippen molar-refractivity contribution in [1.82, 2.24) is 5.32 Å². The molecule has 1 fully saturated rings. The third kappa shape index (κ3) is 4.79. The van der Waals surface area contributed by atoms with Gasteiger partial charge in [-0.3, -0.25) is 0 Å². The zero-order chi connectivity index (χ0) is 15.9. The summed E-state index contributed by atoms with van der Waals surface area (Å²) in [6, 6.07) is 4.83. The minimum absolute atomic E-state index is 0.0291. The standard InChI is InChI=1S/C15H21F2NO4/c1-20-11-3-2-10(14(6-11)22-15(16)17)7-18-8-12-4-5-13(9-19)21-12/h2-3,6,12-13,15,18-19H,4-5,7-9H2,1H3/t12-,13+/m1/s1. The lowest BCUT2D eigenvalue weighted by Crippen LogP contribution is -2.27. The lowest BCUT2D eigenvalue weighted by molar-refractivity contribution is -0.0506. The lowest BCUT2D eigenvalue weighted by Gasteiger charge is -2.15. The Morgan fingerprint density at radius 1 is 1.36 bits per heavy atom. The van der Waals surface area contributed by atoms with Gasteiger partial charge in [-0.05, 0) is 18.9 Å². The summed E-state index contributed by atoms with van der Waals surface area (Å²) in [5.41, 5.74) is 0.623. The molecule has 1 saturated heterocycles. The maximum atomic E-state index is 12.5. The Morgan fingerprint density at radius 2 is 2.14 bits per heavy atom. The van der Waals surface area contributed by atoms with Gasteiger partial charge in [0.2, 0.25) is 0 Å². The summed E-state index contributed by atoms with van der Waals surface area (Å²) in [6.45, 7) is -1.87. The monoisotopic (exact) mass is 317 g/mol. The quantitative estimate of drug-likeness (QED) is 0.767. The molecule has 2 N–H and O–H groups in total. The fourth-order valence-electron chi connectivity index (χ4n) is 2.45. The molecule has 0 aromatic heterocycles. The summed E-state index contributed by atoms with van der Waals surface area (Å²) >= 11 is 0. The van der Waals surface area contributed by atoms with Gasteiger partial charge in [0.05, 0.1) is 25.9 Å². The fourth-order valence-corrected chi connectivity index (χ4v) is 2.45. The van der Waals surface area contributed by atoms with Crippen LogP contribution in [0.1, 0.15) is 18.4 Å². The number of alkyl halides is 2. The molecule has 2 rings (SSSR count). The minimum Gasteiger partial charge on any atom is -0.497 e. The van der Waals surface area contributed by atoms with Crippen LogP contribution >= 0.6 is 0 Å². The first-order chi connectivity index (χ1) is 10.6. The molecule has 1 aromatic carbocycles. The number of methoxy groups -OCH3 is 1. The second-order valence-electron chi connectivity index (χ2n) is 5.12. The van der Waals surface area contributed by atoms with E-state index >= 15 is 0 Å². The predicted octanol–water partition coefficient (Wildman–Crippen LogP) is 1.93. The van der Waals surface area contributed by atoms with E-state index in [1.807, 2.05) is 0 Å². The average molecular weight is 317 g/mol. The minimum atomic E-state index is -2.88. The number of hydrogen-bond donors (Lipinski definition) is 2. The van der Waals surface area contributed by atoms with Gasteiger partial charge in [-0.1, -0.05) is 6.07 Å². The second kappa shape index (κ2) is 8.26. The van der Waals surface area contributed by atoms with Crippen molar-refractivity contribution in [2.45, 2.75) is 38.2 Å².